The molecule has 0 aromatic carbocycles. The first-order valence-electron chi connectivity index (χ1n) is 3.95. The Hall–Kier alpha value is -1.58. The zero-order valence-corrected chi connectivity index (χ0v) is 7.49. The van der Waals surface area contributed by atoms with Crippen LogP contribution >= 0.6 is 0 Å². The number of furan rings is 1. The van der Waals surface area contributed by atoms with Crippen LogP contribution in [0.2, 0.25) is 0 Å². The molecule has 0 radical (unpaired) electrons. The Kier molecular flexibility index (Phi) is 2.84. The van der Waals surface area contributed by atoms with Crippen LogP contribution in [0.5, 0.6) is 0 Å². The quantitative estimate of drug-likeness (QED) is 0.515. The van der Waals surface area contributed by atoms with Crippen molar-refractivity contribution in [3.63, 3.8) is 0 Å². The lowest BCUT2D eigenvalue weighted by Crippen LogP contribution is -2.10. The molecule has 1 heterocycles. The van der Waals surface area contributed by atoms with Gasteiger partial charge in [-0.05, 0) is 19.1 Å². The summed E-state index contributed by atoms with van der Waals surface area (Å²) < 4.78 is 9.39. The fourth-order valence-corrected chi connectivity index (χ4v) is 0.770. The number of rotatable bonds is 2. The molecule has 0 aliphatic heterocycles. The highest BCUT2D eigenvalue weighted by Gasteiger charge is 2.14. The maximum absolute atomic E-state index is 11.1. The second-order valence-corrected chi connectivity index (χ2v) is 2.53. The first-order valence-corrected chi connectivity index (χ1v) is 3.95. The van der Waals surface area contributed by atoms with E-state index in [2.05, 4.69) is 4.74 Å². The van der Waals surface area contributed by atoms with Crippen LogP contribution < -0.4 is 0 Å². The summed E-state index contributed by atoms with van der Waals surface area (Å²) in [5, 5.41) is 0. The van der Waals surface area contributed by atoms with Crippen molar-refractivity contribution in [2.45, 2.75) is 20.3 Å². The van der Waals surface area contributed by atoms with Crippen molar-refractivity contribution in [2.24, 2.45) is 0 Å². The molecule has 1 rings (SSSR count). The predicted octanol–water partition coefficient (Wildman–Crippen LogP) is 1.68. The van der Waals surface area contributed by atoms with Gasteiger partial charge in [-0.1, -0.05) is 6.92 Å². The molecule has 13 heavy (non-hydrogen) atoms. The highest BCUT2D eigenvalue weighted by Crippen LogP contribution is 2.07. The van der Waals surface area contributed by atoms with Gasteiger partial charge < -0.3 is 9.15 Å². The molecule has 0 saturated carbocycles. The summed E-state index contributed by atoms with van der Waals surface area (Å²) in [6.45, 7) is 3.32. The van der Waals surface area contributed by atoms with E-state index >= 15 is 0 Å². The minimum absolute atomic E-state index is 0.0549. The van der Waals surface area contributed by atoms with Crippen molar-refractivity contribution in [3.8, 4) is 0 Å². The van der Waals surface area contributed by atoms with Gasteiger partial charge in [0.1, 0.15) is 5.76 Å². The van der Waals surface area contributed by atoms with Gasteiger partial charge in [0.05, 0.1) is 0 Å². The summed E-state index contributed by atoms with van der Waals surface area (Å²) in [6, 6.07) is 3.10. The van der Waals surface area contributed by atoms with Crippen molar-refractivity contribution in [3.05, 3.63) is 23.7 Å². The molecular formula is C9H10O4. The van der Waals surface area contributed by atoms with Crippen molar-refractivity contribution in [2.75, 3.05) is 0 Å². The molecule has 0 aliphatic carbocycles. The Labute approximate surface area is 75.5 Å². The number of carbonyl (C=O) groups excluding carboxylic acids is 2. The third-order valence-electron chi connectivity index (χ3n) is 1.44. The van der Waals surface area contributed by atoms with Gasteiger partial charge in [-0.25, -0.2) is 4.79 Å². The van der Waals surface area contributed by atoms with Gasteiger partial charge in [-0.15, -0.1) is 0 Å². The molecule has 0 fully saturated rings. The van der Waals surface area contributed by atoms with E-state index in [1.165, 1.54) is 6.07 Å². The monoisotopic (exact) mass is 182 g/mol. The Morgan fingerprint density at radius 1 is 1.46 bits per heavy atom. The summed E-state index contributed by atoms with van der Waals surface area (Å²) in [6.07, 6.45) is 0.172. The summed E-state index contributed by atoms with van der Waals surface area (Å²) >= 11 is 0. The second-order valence-electron chi connectivity index (χ2n) is 2.53. The molecule has 0 amide bonds. The van der Waals surface area contributed by atoms with Gasteiger partial charge in [0, 0.05) is 6.42 Å². The molecule has 0 spiro atoms. The summed E-state index contributed by atoms with van der Waals surface area (Å²) in [5.41, 5.74) is 0. The van der Waals surface area contributed by atoms with Gasteiger partial charge in [0.25, 0.3) is 0 Å². The van der Waals surface area contributed by atoms with Crippen LogP contribution in [-0.2, 0) is 9.53 Å². The average Bonchev–Trinajstić information content (AvgIpc) is 2.51. The summed E-state index contributed by atoms with van der Waals surface area (Å²) in [4.78, 5) is 21.8. The molecule has 0 unspecified atom stereocenters. The predicted molar refractivity (Wildman–Crippen MR) is 44.2 cm³/mol. The summed E-state index contributed by atoms with van der Waals surface area (Å²) in [7, 11) is 0. The molecule has 0 aliphatic rings. The molecule has 70 valence electrons. The minimum atomic E-state index is -0.736. The molecule has 4 nitrogen and oxygen atoms in total. The lowest BCUT2D eigenvalue weighted by atomic mass is 10.4. The van der Waals surface area contributed by atoms with Crippen LogP contribution in [0.3, 0.4) is 0 Å². The first kappa shape index (κ1) is 9.51. The standard InChI is InChI=1S/C9H10O4/c1-3-8(10)13-9(11)7-5-4-6(2)12-7/h4-5H,3H2,1-2H3. The fourth-order valence-electron chi connectivity index (χ4n) is 0.770. The third kappa shape index (κ3) is 2.43. The number of carbonyl (C=O) groups is 2. The maximum atomic E-state index is 11.1. The van der Waals surface area contributed by atoms with E-state index < -0.39 is 11.9 Å². The van der Waals surface area contributed by atoms with E-state index in [1.807, 2.05) is 0 Å². The topological polar surface area (TPSA) is 56.5 Å². The van der Waals surface area contributed by atoms with Gasteiger partial charge in [-0.3, -0.25) is 4.79 Å². The van der Waals surface area contributed by atoms with Gasteiger partial charge in [-0.2, -0.15) is 0 Å². The number of ether oxygens (including phenoxy) is 1. The molecule has 0 atom stereocenters. The highest BCUT2D eigenvalue weighted by molar-refractivity contribution is 5.94. The minimum Gasteiger partial charge on any atom is -0.454 e. The van der Waals surface area contributed by atoms with Gasteiger partial charge >= 0.3 is 11.9 Å². The van der Waals surface area contributed by atoms with Gasteiger partial charge in [0.2, 0.25) is 5.76 Å². The molecule has 0 saturated heterocycles. The van der Waals surface area contributed by atoms with Crippen molar-refractivity contribution < 1.29 is 18.7 Å². The van der Waals surface area contributed by atoms with Crippen molar-refractivity contribution in [1.82, 2.24) is 0 Å². The van der Waals surface area contributed by atoms with E-state index in [0.717, 1.165) is 0 Å². The van der Waals surface area contributed by atoms with Crippen LogP contribution in [0.25, 0.3) is 0 Å². The second kappa shape index (κ2) is 3.89. The molecular weight excluding hydrogens is 172 g/mol. The fraction of sp³-hybridized carbons (Fsp3) is 0.333. The van der Waals surface area contributed by atoms with E-state index in [0.29, 0.717) is 5.76 Å². The normalized spacial score (nSPS) is 9.69. The molecule has 1 aromatic heterocycles. The lowest BCUT2D eigenvalue weighted by molar-refractivity contribution is -0.137. The SMILES string of the molecule is CCC(=O)OC(=O)c1ccc(C)o1. The zero-order valence-electron chi connectivity index (χ0n) is 7.49. The van der Waals surface area contributed by atoms with E-state index in [4.69, 9.17) is 4.42 Å². The highest BCUT2D eigenvalue weighted by atomic mass is 16.6. The number of aryl methyl sites for hydroxylation is 1. The van der Waals surface area contributed by atoms with Crippen LogP contribution in [0.15, 0.2) is 16.5 Å². The van der Waals surface area contributed by atoms with Crippen molar-refractivity contribution >= 4 is 11.9 Å². The molecule has 0 bridgehead atoms. The smallest absolute Gasteiger partial charge is 0.381 e. The summed E-state index contributed by atoms with van der Waals surface area (Å²) in [5.74, 6) is -0.630. The Balaban J connectivity index is 2.64. The van der Waals surface area contributed by atoms with E-state index in [-0.39, 0.29) is 12.2 Å². The largest absolute Gasteiger partial charge is 0.454 e. The Bertz CT molecular complexity index is 324. The van der Waals surface area contributed by atoms with Crippen LogP contribution in [0.4, 0.5) is 0 Å². The maximum Gasteiger partial charge on any atom is 0.381 e. The zero-order chi connectivity index (χ0) is 9.84. The number of hydrogen-bond donors (Lipinski definition) is 0. The Morgan fingerprint density at radius 2 is 2.15 bits per heavy atom. The average molecular weight is 182 g/mol. The van der Waals surface area contributed by atoms with Crippen molar-refractivity contribution in [1.29, 1.82) is 0 Å². The molecule has 4 heteroatoms. The molecule has 0 N–H and O–H groups in total. The van der Waals surface area contributed by atoms with Crippen LogP contribution in [-0.4, -0.2) is 11.9 Å². The van der Waals surface area contributed by atoms with E-state index in [9.17, 15) is 9.59 Å². The van der Waals surface area contributed by atoms with Gasteiger partial charge in [0.15, 0.2) is 0 Å². The number of esters is 2. The number of hydrogen-bond acceptors (Lipinski definition) is 4. The van der Waals surface area contributed by atoms with Crippen LogP contribution in [0, 0.1) is 6.92 Å². The molecule has 1 aromatic rings. The third-order valence-corrected chi connectivity index (χ3v) is 1.44. The Morgan fingerprint density at radius 3 is 2.62 bits per heavy atom. The van der Waals surface area contributed by atoms with Crippen LogP contribution in [0.1, 0.15) is 29.7 Å². The lowest BCUT2D eigenvalue weighted by Gasteiger charge is -1.96. The van der Waals surface area contributed by atoms with E-state index in [1.54, 1.807) is 19.9 Å². The first-order chi connectivity index (χ1) is 6.13.